The number of nitrogens with zero attached hydrogens (tertiary/aromatic N) is 2. The first kappa shape index (κ1) is 11.9. The maximum atomic E-state index is 10.7. The molecule has 1 unspecified atom stereocenters. The number of likely N-dealkylation sites (tertiary alicyclic amines) is 1. The van der Waals surface area contributed by atoms with E-state index in [1.54, 1.807) is 0 Å². The summed E-state index contributed by atoms with van der Waals surface area (Å²) in [4.78, 5) is 15.2. The van der Waals surface area contributed by atoms with E-state index >= 15 is 0 Å². The standard InChI is InChI=1S/C12H22N2O2/c1-13(11-4-5-11)7-10-3-2-6-14(8-10)9-12(15)16/h10-11H,2-9H2,1H3,(H,15,16). The zero-order valence-electron chi connectivity index (χ0n) is 10.1. The van der Waals surface area contributed by atoms with Crippen LogP contribution in [0.15, 0.2) is 0 Å². The lowest BCUT2D eigenvalue weighted by Crippen LogP contribution is -2.42. The summed E-state index contributed by atoms with van der Waals surface area (Å²) >= 11 is 0. The molecule has 0 aromatic rings. The SMILES string of the molecule is CN(CC1CCCN(CC(=O)O)C1)C1CC1. The third kappa shape index (κ3) is 3.46. The molecule has 0 aromatic heterocycles. The van der Waals surface area contributed by atoms with E-state index in [-0.39, 0.29) is 6.54 Å². The molecule has 1 N–H and O–H groups in total. The van der Waals surface area contributed by atoms with Gasteiger partial charge in [0.15, 0.2) is 0 Å². The molecule has 1 atom stereocenters. The predicted molar refractivity (Wildman–Crippen MR) is 62.5 cm³/mol. The lowest BCUT2D eigenvalue weighted by molar-refractivity contribution is -0.138. The van der Waals surface area contributed by atoms with E-state index in [2.05, 4.69) is 16.8 Å². The average Bonchev–Trinajstić information content (AvgIpc) is 2.99. The van der Waals surface area contributed by atoms with Gasteiger partial charge in [-0.1, -0.05) is 0 Å². The number of hydrogen-bond donors (Lipinski definition) is 1. The van der Waals surface area contributed by atoms with Gasteiger partial charge >= 0.3 is 5.97 Å². The molecule has 2 fully saturated rings. The van der Waals surface area contributed by atoms with Gasteiger partial charge in [-0.2, -0.15) is 0 Å². The van der Waals surface area contributed by atoms with Gasteiger partial charge in [0.1, 0.15) is 0 Å². The molecule has 1 aliphatic carbocycles. The minimum Gasteiger partial charge on any atom is -0.480 e. The first-order valence-electron chi connectivity index (χ1n) is 6.29. The largest absolute Gasteiger partial charge is 0.480 e. The molecule has 1 heterocycles. The van der Waals surface area contributed by atoms with Gasteiger partial charge in [0, 0.05) is 19.1 Å². The summed E-state index contributed by atoms with van der Waals surface area (Å²) in [6, 6.07) is 0.815. The molecule has 0 spiro atoms. The second-order valence-electron chi connectivity index (χ2n) is 5.31. The van der Waals surface area contributed by atoms with Crippen LogP contribution in [-0.2, 0) is 4.79 Å². The number of carboxylic acids is 1. The van der Waals surface area contributed by atoms with Crippen molar-refractivity contribution in [3.63, 3.8) is 0 Å². The Labute approximate surface area is 97.2 Å². The number of carboxylic acid groups (broad SMARTS) is 1. The molecule has 4 heteroatoms. The molecular formula is C12H22N2O2. The van der Waals surface area contributed by atoms with Gasteiger partial charge in [0.05, 0.1) is 6.54 Å². The minimum atomic E-state index is -0.698. The molecule has 1 aliphatic heterocycles. The monoisotopic (exact) mass is 226 g/mol. The van der Waals surface area contributed by atoms with Gasteiger partial charge in [0.2, 0.25) is 0 Å². The molecule has 4 nitrogen and oxygen atoms in total. The Hall–Kier alpha value is -0.610. The van der Waals surface area contributed by atoms with E-state index in [1.807, 2.05) is 0 Å². The van der Waals surface area contributed by atoms with Crippen molar-refractivity contribution in [1.82, 2.24) is 9.80 Å². The Bertz CT molecular complexity index is 253. The molecule has 0 aromatic carbocycles. The van der Waals surface area contributed by atoms with Crippen LogP contribution < -0.4 is 0 Å². The van der Waals surface area contributed by atoms with E-state index in [9.17, 15) is 4.79 Å². The minimum absolute atomic E-state index is 0.212. The van der Waals surface area contributed by atoms with Crippen molar-refractivity contribution in [2.45, 2.75) is 31.7 Å². The molecule has 2 aliphatic rings. The Balaban J connectivity index is 1.74. The highest BCUT2D eigenvalue weighted by atomic mass is 16.4. The van der Waals surface area contributed by atoms with Crippen LogP contribution in [0.5, 0.6) is 0 Å². The van der Waals surface area contributed by atoms with Crippen molar-refractivity contribution in [3.05, 3.63) is 0 Å². The lowest BCUT2D eigenvalue weighted by atomic mass is 9.97. The smallest absolute Gasteiger partial charge is 0.317 e. The Morgan fingerprint density at radius 3 is 2.81 bits per heavy atom. The summed E-state index contributed by atoms with van der Waals surface area (Å²) in [5.74, 6) is -0.0325. The summed E-state index contributed by atoms with van der Waals surface area (Å²) in [5, 5.41) is 8.78. The summed E-state index contributed by atoms with van der Waals surface area (Å²) in [5.41, 5.74) is 0. The quantitative estimate of drug-likeness (QED) is 0.755. The summed E-state index contributed by atoms with van der Waals surface area (Å²) in [7, 11) is 2.20. The fraction of sp³-hybridized carbons (Fsp3) is 0.917. The first-order valence-corrected chi connectivity index (χ1v) is 6.29. The Morgan fingerprint density at radius 2 is 2.19 bits per heavy atom. The van der Waals surface area contributed by atoms with Crippen LogP contribution in [0.2, 0.25) is 0 Å². The van der Waals surface area contributed by atoms with E-state index in [1.165, 1.54) is 19.3 Å². The highest BCUT2D eigenvalue weighted by Gasteiger charge is 2.29. The van der Waals surface area contributed by atoms with Gasteiger partial charge in [-0.15, -0.1) is 0 Å². The maximum absolute atomic E-state index is 10.7. The number of carbonyl (C=O) groups is 1. The molecule has 1 saturated heterocycles. The number of aliphatic carboxylic acids is 1. The summed E-state index contributed by atoms with van der Waals surface area (Å²) in [6.07, 6.45) is 5.10. The van der Waals surface area contributed by atoms with Crippen LogP contribution in [0.4, 0.5) is 0 Å². The second-order valence-corrected chi connectivity index (χ2v) is 5.31. The van der Waals surface area contributed by atoms with Crippen LogP contribution in [0.1, 0.15) is 25.7 Å². The molecule has 2 rings (SSSR count). The third-order valence-corrected chi connectivity index (χ3v) is 3.68. The van der Waals surface area contributed by atoms with Gasteiger partial charge < -0.3 is 10.0 Å². The van der Waals surface area contributed by atoms with Crippen molar-refractivity contribution < 1.29 is 9.90 Å². The number of hydrogen-bond acceptors (Lipinski definition) is 3. The molecule has 1 saturated carbocycles. The number of piperidine rings is 1. The summed E-state index contributed by atoms with van der Waals surface area (Å²) < 4.78 is 0. The topological polar surface area (TPSA) is 43.8 Å². The van der Waals surface area contributed by atoms with Crippen molar-refractivity contribution >= 4 is 5.97 Å². The van der Waals surface area contributed by atoms with Crippen molar-refractivity contribution in [3.8, 4) is 0 Å². The van der Waals surface area contributed by atoms with Crippen LogP contribution in [0.25, 0.3) is 0 Å². The molecule has 0 bridgehead atoms. The highest BCUT2D eigenvalue weighted by Crippen LogP contribution is 2.27. The third-order valence-electron chi connectivity index (χ3n) is 3.68. The fourth-order valence-electron chi connectivity index (χ4n) is 2.71. The molecule has 16 heavy (non-hydrogen) atoms. The fourth-order valence-corrected chi connectivity index (χ4v) is 2.71. The van der Waals surface area contributed by atoms with Gasteiger partial charge in [-0.3, -0.25) is 9.69 Å². The van der Waals surface area contributed by atoms with Crippen molar-refractivity contribution in [2.75, 3.05) is 33.2 Å². The number of rotatable bonds is 5. The van der Waals surface area contributed by atoms with Crippen LogP contribution in [-0.4, -0.2) is 60.1 Å². The van der Waals surface area contributed by atoms with Crippen molar-refractivity contribution in [1.29, 1.82) is 0 Å². The molecular weight excluding hydrogens is 204 g/mol. The van der Waals surface area contributed by atoms with E-state index < -0.39 is 5.97 Å². The zero-order chi connectivity index (χ0) is 11.5. The molecule has 0 radical (unpaired) electrons. The van der Waals surface area contributed by atoms with E-state index in [4.69, 9.17) is 5.11 Å². The molecule has 0 amide bonds. The van der Waals surface area contributed by atoms with Gasteiger partial charge in [0.25, 0.3) is 0 Å². The van der Waals surface area contributed by atoms with E-state index in [0.29, 0.717) is 5.92 Å². The first-order chi connectivity index (χ1) is 7.65. The normalized spacial score (nSPS) is 27.2. The maximum Gasteiger partial charge on any atom is 0.317 e. The highest BCUT2D eigenvalue weighted by molar-refractivity contribution is 5.69. The van der Waals surface area contributed by atoms with Crippen LogP contribution in [0, 0.1) is 5.92 Å². The summed E-state index contributed by atoms with van der Waals surface area (Å²) in [6.45, 7) is 3.27. The second kappa shape index (κ2) is 5.15. The molecule has 92 valence electrons. The zero-order valence-corrected chi connectivity index (χ0v) is 10.1. The van der Waals surface area contributed by atoms with Crippen LogP contribution >= 0.6 is 0 Å². The lowest BCUT2D eigenvalue weighted by Gasteiger charge is -2.33. The average molecular weight is 226 g/mol. The van der Waals surface area contributed by atoms with Gasteiger partial charge in [-0.25, -0.2) is 0 Å². The van der Waals surface area contributed by atoms with E-state index in [0.717, 1.165) is 32.1 Å². The Morgan fingerprint density at radius 1 is 1.44 bits per heavy atom. The van der Waals surface area contributed by atoms with Gasteiger partial charge in [-0.05, 0) is 45.2 Å². The predicted octanol–water partition coefficient (Wildman–Crippen LogP) is 0.877. The van der Waals surface area contributed by atoms with Crippen molar-refractivity contribution in [2.24, 2.45) is 5.92 Å². The van der Waals surface area contributed by atoms with Crippen LogP contribution in [0.3, 0.4) is 0 Å². The Kier molecular flexibility index (Phi) is 3.82.